The Morgan fingerprint density at radius 3 is 3.00 bits per heavy atom. The molecule has 0 aromatic carbocycles. The van der Waals surface area contributed by atoms with Crippen LogP contribution in [0.15, 0.2) is 10.3 Å². The molecule has 0 aromatic heterocycles. The topological polar surface area (TPSA) is 46.0 Å². The quantitative estimate of drug-likeness (QED) is 0.433. The highest BCUT2D eigenvalue weighted by molar-refractivity contribution is 4.16. The molecule has 0 unspecified atom stereocenters. The van der Waals surface area contributed by atoms with Gasteiger partial charge in [-0.05, 0) is 0 Å². The van der Waals surface area contributed by atoms with Crippen LogP contribution in [0.25, 0.3) is 0 Å². The minimum Gasteiger partial charge on any atom is -0.232 e. The smallest absolute Gasteiger partial charge is 0.189 e. The SMILES string of the molecule is C1N=NNO1. The molecule has 0 saturated heterocycles. The van der Waals surface area contributed by atoms with Crippen molar-refractivity contribution in [3.63, 3.8) is 0 Å². The summed E-state index contributed by atoms with van der Waals surface area (Å²) in [4.78, 5) is 4.36. The van der Waals surface area contributed by atoms with Crippen LogP contribution in [0.3, 0.4) is 0 Å². The van der Waals surface area contributed by atoms with E-state index in [1.807, 2.05) is 0 Å². The molecule has 0 atom stereocenters. The molecule has 0 fully saturated rings. The summed E-state index contributed by atoms with van der Waals surface area (Å²) >= 11 is 0. The Morgan fingerprint density at radius 1 is 1.80 bits per heavy atom. The minimum absolute atomic E-state index is 0.347. The molecule has 28 valence electrons. The zero-order valence-corrected chi connectivity index (χ0v) is 2.51. The summed E-state index contributed by atoms with van der Waals surface area (Å²) in [6, 6.07) is 0. The summed E-state index contributed by atoms with van der Waals surface area (Å²) in [5.41, 5.74) is 2.18. The van der Waals surface area contributed by atoms with E-state index in [2.05, 4.69) is 20.8 Å². The maximum atomic E-state index is 4.36. The zero-order chi connectivity index (χ0) is 3.54. The maximum Gasteiger partial charge on any atom is 0.189 e. The summed E-state index contributed by atoms with van der Waals surface area (Å²) in [5, 5.41) is 6.61. The predicted octanol–water partition coefficient (Wildman–Crippen LogP) is -0.154. The van der Waals surface area contributed by atoms with Crippen molar-refractivity contribution in [2.24, 2.45) is 10.3 Å². The number of rotatable bonds is 0. The van der Waals surface area contributed by atoms with E-state index in [4.69, 9.17) is 0 Å². The first kappa shape index (κ1) is 2.59. The Labute approximate surface area is 28.8 Å². The summed E-state index contributed by atoms with van der Waals surface area (Å²) < 4.78 is 0. The van der Waals surface area contributed by atoms with E-state index in [0.717, 1.165) is 0 Å². The van der Waals surface area contributed by atoms with Crippen LogP contribution in [-0.4, -0.2) is 6.73 Å². The third kappa shape index (κ3) is 0.327. The number of nitrogens with one attached hydrogen (secondary N) is 1. The van der Waals surface area contributed by atoms with E-state index in [1.165, 1.54) is 0 Å². The van der Waals surface area contributed by atoms with Crippen molar-refractivity contribution >= 4 is 0 Å². The fourth-order valence-corrected chi connectivity index (χ4v) is 0.144. The first-order valence-electron chi connectivity index (χ1n) is 1.23. The lowest BCUT2D eigenvalue weighted by atomic mass is 11.4. The van der Waals surface area contributed by atoms with E-state index < -0.39 is 0 Å². The molecule has 1 aliphatic rings. The average molecular weight is 73.1 g/mol. The fourth-order valence-electron chi connectivity index (χ4n) is 0.144. The monoisotopic (exact) mass is 73.0 g/mol. The molecule has 0 spiro atoms. The molecule has 4 heteroatoms. The van der Waals surface area contributed by atoms with E-state index in [9.17, 15) is 0 Å². The molecule has 0 bridgehead atoms. The number of hydrogen-bond donors (Lipinski definition) is 1. The lowest BCUT2D eigenvalue weighted by Gasteiger charge is -1.76. The van der Waals surface area contributed by atoms with Crippen molar-refractivity contribution in [3.8, 4) is 0 Å². The lowest BCUT2D eigenvalue weighted by Crippen LogP contribution is -1.95. The highest BCUT2D eigenvalue weighted by atomic mass is 16.7. The molecule has 5 heavy (non-hydrogen) atoms. The van der Waals surface area contributed by atoms with Crippen LogP contribution in [0, 0.1) is 0 Å². The van der Waals surface area contributed by atoms with Crippen molar-refractivity contribution in [1.82, 2.24) is 5.59 Å². The normalized spacial score (nSPS) is 19.2. The van der Waals surface area contributed by atoms with E-state index >= 15 is 0 Å². The molecule has 0 amide bonds. The fraction of sp³-hybridized carbons (Fsp3) is 1.00. The van der Waals surface area contributed by atoms with Gasteiger partial charge in [-0.1, -0.05) is 5.22 Å². The molecule has 1 N–H and O–H groups in total. The standard InChI is InChI=1S/CH3N3O/c1-2-3-4-5-1/h1H2,(H,2,4). The highest BCUT2D eigenvalue weighted by Gasteiger charge is 1.83. The van der Waals surface area contributed by atoms with Gasteiger partial charge in [-0.25, -0.2) is 4.84 Å². The van der Waals surface area contributed by atoms with Crippen LogP contribution >= 0.6 is 0 Å². The van der Waals surface area contributed by atoms with E-state index in [-0.39, 0.29) is 0 Å². The van der Waals surface area contributed by atoms with Gasteiger partial charge in [-0.15, -0.1) is 5.11 Å². The minimum atomic E-state index is 0.347. The molecule has 4 nitrogen and oxygen atoms in total. The summed E-state index contributed by atoms with van der Waals surface area (Å²) in [6.45, 7) is 0.347. The van der Waals surface area contributed by atoms with Gasteiger partial charge in [0.1, 0.15) is 0 Å². The van der Waals surface area contributed by atoms with Gasteiger partial charge in [0.15, 0.2) is 6.73 Å². The first-order valence-corrected chi connectivity index (χ1v) is 1.23. The van der Waals surface area contributed by atoms with Crippen LogP contribution < -0.4 is 5.59 Å². The molecule has 1 rings (SSSR count). The van der Waals surface area contributed by atoms with Crippen LogP contribution in [0.4, 0.5) is 0 Å². The first-order chi connectivity index (χ1) is 2.50. The zero-order valence-electron chi connectivity index (χ0n) is 2.51. The van der Waals surface area contributed by atoms with Gasteiger partial charge in [0, 0.05) is 0 Å². The van der Waals surface area contributed by atoms with Crippen molar-refractivity contribution < 1.29 is 4.84 Å². The summed E-state index contributed by atoms with van der Waals surface area (Å²) in [7, 11) is 0. The molecule has 1 aliphatic heterocycles. The lowest BCUT2D eigenvalue weighted by molar-refractivity contribution is 0.0863. The molecule has 1 heterocycles. The van der Waals surface area contributed by atoms with Gasteiger partial charge in [0.2, 0.25) is 0 Å². The Morgan fingerprint density at radius 2 is 2.80 bits per heavy atom. The Balaban J connectivity index is 2.32. The second kappa shape index (κ2) is 0.984. The Kier molecular flexibility index (Phi) is 0.510. The number of nitrogens with zero attached hydrogens (tertiary/aromatic N) is 2. The van der Waals surface area contributed by atoms with Crippen molar-refractivity contribution in [3.05, 3.63) is 0 Å². The largest absolute Gasteiger partial charge is 0.232 e. The van der Waals surface area contributed by atoms with Gasteiger partial charge in [-0.2, -0.15) is 5.59 Å². The van der Waals surface area contributed by atoms with E-state index in [1.54, 1.807) is 0 Å². The van der Waals surface area contributed by atoms with E-state index in [0.29, 0.717) is 6.73 Å². The van der Waals surface area contributed by atoms with Crippen LogP contribution in [0.1, 0.15) is 0 Å². The maximum absolute atomic E-state index is 4.36. The van der Waals surface area contributed by atoms with Crippen LogP contribution in [0.2, 0.25) is 0 Å². The molecule has 0 saturated carbocycles. The van der Waals surface area contributed by atoms with Gasteiger partial charge >= 0.3 is 0 Å². The van der Waals surface area contributed by atoms with Crippen LogP contribution in [-0.2, 0) is 4.84 Å². The van der Waals surface area contributed by atoms with Gasteiger partial charge < -0.3 is 0 Å². The second-order valence-corrected chi connectivity index (χ2v) is 0.606. The molecule has 0 radical (unpaired) electrons. The van der Waals surface area contributed by atoms with Crippen molar-refractivity contribution in [2.45, 2.75) is 0 Å². The molecular formula is CH3N3O. The highest BCUT2D eigenvalue weighted by Crippen LogP contribution is 1.78. The molecule has 0 aliphatic carbocycles. The van der Waals surface area contributed by atoms with Gasteiger partial charge in [0.05, 0.1) is 0 Å². The Hall–Kier alpha value is -0.640. The second-order valence-electron chi connectivity index (χ2n) is 0.606. The predicted molar refractivity (Wildman–Crippen MR) is 13.9 cm³/mol. The molecular weight excluding hydrogens is 70.0 g/mol. The number of hydrogen-bond acceptors (Lipinski definition) is 4. The summed E-state index contributed by atoms with van der Waals surface area (Å²) in [6.07, 6.45) is 0. The average Bonchev–Trinajstić information content (AvgIpc) is 1.76. The van der Waals surface area contributed by atoms with Crippen molar-refractivity contribution in [2.75, 3.05) is 6.73 Å². The van der Waals surface area contributed by atoms with Crippen LogP contribution in [0.5, 0.6) is 0 Å². The third-order valence-corrected chi connectivity index (χ3v) is 0.298. The van der Waals surface area contributed by atoms with Crippen molar-refractivity contribution in [1.29, 1.82) is 0 Å². The third-order valence-electron chi connectivity index (χ3n) is 0.298. The summed E-state index contributed by atoms with van der Waals surface area (Å²) in [5.74, 6) is 0. The van der Waals surface area contributed by atoms with Gasteiger partial charge in [-0.3, -0.25) is 0 Å². The van der Waals surface area contributed by atoms with Gasteiger partial charge in [0.25, 0.3) is 0 Å². The Bertz CT molecular complexity index is 44.9. The molecule has 0 aromatic rings.